The largest absolute Gasteiger partial charge is 0.398 e. The first-order valence-corrected chi connectivity index (χ1v) is 7.61. The summed E-state index contributed by atoms with van der Waals surface area (Å²) in [5.74, 6) is 0. The molecule has 0 saturated carbocycles. The lowest BCUT2D eigenvalue weighted by molar-refractivity contribution is 0.116. The molecular formula is C15H18BrN3O. The van der Waals surface area contributed by atoms with Gasteiger partial charge in [-0.25, -0.2) is 0 Å². The number of nitrogens with zero attached hydrogens (tertiary/aromatic N) is 2. The van der Waals surface area contributed by atoms with E-state index in [0.29, 0.717) is 6.10 Å². The molecule has 2 heterocycles. The smallest absolute Gasteiger partial charge is 0.0956 e. The zero-order chi connectivity index (χ0) is 14.1. The standard InChI is InChI=1S/C15H18BrN3O/c1-19(9-11-3-2-6-20-11)14-5-4-13(17)12-7-10(16)8-18-15(12)14/h4-5,7-8,11H,2-3,6,9,17H2,1H3. The van der Waals surface area contributed by atoms with Crippen LogP contribution in [-0.4, -0.2) is 31.3 Å². The van der Waals surface area contributed by atoms with Crippen LogP contribution < -0.4 is 10.6 Å². The van der Waals surface area contributed by atoms with Crippen LogP contribution in [0.4, 0.5) is 11.4 Å². The van der Waals surface area contributed by atoms with Crippen LogP contribution >= 0.6 is 15.9 Å². The van der Waals surface area contributed by atoms with Crippen molar-refractivity contribution in [2.75, 3.05) is 30.8 Å². The fraction of sp³-hybridized carbons (Fsp3) is 0.400. The van der Waals surface area contributed by atoms with Crippen LogP contribution in [0.2, 0.25) is 0 Å². The number of nitrogen functional groups attached to an aromatic ring is 1. The molecular weight excluding hydrogens is 318 g/mol. The minimum atomic E-state index is 0.322. The fourth-order valence-electron chi connectivity index (χ4n) is 2.70. The highest BCUT2D eigenvalue weighted by Gasteiger charge is 2.19. The van der Waals surface area contributed by atoms with Crippen molar-refractivity contribution in [1.82, 2.24) is 4.98 Å². The topological polar surface area (TPSA) is 51.4 Å². The zero-order valence-corrected chi connectivity index (χ0v) is 13.1. The molecule has 0 bridgehead atoms. The number of likely N-dealkylation sites (N-methyl/N-ethyl adjacent to an activating group) is 1. The van der Waals surface area contributed by atoms with Crippen molar-refractivity contribution in [2.45, 2.75) is 18.9 Å². The second-order valence-electron chi connectivity index (χ2n) is 5.24. The van der Waals surface area contributed by atoms with Gasteiger partial charge in [0.15, 0.2) is 0 Å². The average Bonchev–Trinajstić information content (AvgIpc) is 2.92. The third kappa shape index (κ3) is 2.60. The lowest BCUT2D eigenvalue weighted by atomic mass is 10.1. The van der Waals surface area contributed by atoms with E-state index in [2.05, 4.69) is 32.9 Å². The van der Waals surface area contributed by atoms with Gasteiger partial charge in [-0.1, -0.05) is 0 Å². The van der Waals surface area contributed by atoms with Crippen LogP contribution in [0.25, 0.3) is 10.9 Å². The SMILES string of the molecule is CN(CC1CCCO1)c1ccc(N)c2cc(Br)cnc12. The van der Waals surface area contributed by atoms with Crippen molar-refractivity contribution in [3.8, 4) is 0 Å². The van der Waals surface area contributed by atoms with E-state index in [4.69, 9.17) is 10.5 Å². The highest BCUT2D eigenvalue weighted by molar-refractivity contribution is 9.10. The highest BCUT2D eigenvalue weighted by Crippen LogP contribution is 2.31. The Morgan fingerprint density at radius 3 is 3.10 bits per heavy atom. The number of fused-ring (bicyclic) bond motifs is 1. The molecule has 2 aromatic rings. The number of nitrogens with two attached hydrogens (primary N) is 1. The van der Waals surface area contributed by atoms with Crippen LogP contribution in [-0.2, 0) is 4.74 Å². The highest BCUT2D eigenvalue weighted by atomic mass is 79.9. The molecule has 4 nitrogen and oxygen atoms in total. The van der Waals surface area contributed by atoms with Crippen molar-refractivity contribution in [3.63, 3.8) is 0 Å². The maximum absolute atomic E-state index is 6.05. The number of halogens is 1. The normalized spacial score (nSPS) is 18.6. The van der Waals surface area contributed by atoms with E-state index >= 15 is 0 Å². The van der Waals surface area contributed by atoms with Gasteiger partial charge >= 0.3 is 0 Å². The molecule has 2 N–H and O–H groups in total. The van der Waals surface area contributed by atoms with Crippen LogP contribution in [0.5, 0.6) is 0 Å². The summed E-state index contributed by atoms with van der Waals surface area (Å²) in [4.78, 5) is 6.73. The van der Waals surface area contributed by atoms with Crippen molar-refractivity contribution >= 4 is 38.2 Å². The van der Waals surface area contributed by atoms with Gasteiger partial charge in [0, 0.05) is 41.9 Å². The summed E-state index contributed by atoms with van der Waals surface area (Å²) < 4.78 is 6.65. The summed E-state index contributed by atoms with van der Waals surface area (Å²) in [6.45, 7) is 1.77. The number of ether oxygens (including phenoxy) is 1. The number of hydrogen-bond donors (Lipinski definition) is 1. The molecule has 1 unspecified atom stereocenters. The van der Waals surface area contributed by atoms with Gasteiger partial charge in [-0.15, -0.1) is 0 Å². The first kappa shape index (κ1) is 13.6. The van der Waals surface area contributed by atoms with Crippen LogP contribution in [0.3, 0.4) is 0 Å². The van der Waals surface area contributed by atoms with Gasteiger partial charge in [0.05, 0.1) is 17.3 Å². The van der Waals surface area contributed by atoms with Crippen molar-refractivity contribution < 1.29 is 4.74 Å². The fourth-order valence-corrected chi connectivity index (χ4v) is 3.03. The van der Waals surface area contributed by atoms with Crippen LogP contribution in [0, 0.1) is 0 Å². The van der Waals surface area contributed by atoms with E-state index in [9.17, 15) is 0 Å². The molecule has 1 saturated heterocycles. The maximum atomic E-state index is 6.05. The van der Waals surface area contributed by atoms with Crippen molar-refractivity contribution in [1.29, 1.82) is 0 Å². The number of anilines is 2. The summed E-state index contributed by atoms with van der Waals surface area (Å²) in [6.07, 6.45) is 4.43. The van der Waals surface area contributed by atoms with E-state index in [1.54, 1.807) is 0 Å². The second-order valence-corrected chi connectivity index (χ2v) is 6.15. The van der Waals surface area contributed by atoms with Gasteiger partial charge in [0.1, 0.15) is 0 Å². The molecule has 1 aliphatic rings. The molecule has 1 fully saturated rings. The maximum Gasteiger partial charge on any atom is 0.0956 e. The lowest BCUT2D eigenvalue weighted by Gasteiger charge is -2.24. The van der Waals surface area contributed by atoms with E-state index in [-0.39, 0.29) is 0 Å². The molecule has 0 amide bonds. The average molecular weight is 336 g/mol. The Hall–Kier alpha value is -1.33. The van der Waals surface area contributed by atoms with Gasteiger partial charge < -0.3 is 15.4 Å². The molecule has 20 heavy (non-hydrogen) atoms. The lowest BCUT2D eigenvalue weighted by Crippen LogP contribution is -2.28. The molecule has 5 heteroatoms. The van der Waals surface area contributed by atoms with E-state index in [0.717, 1.165) is 52.7 Å². The Labute approximate surface area is 127 Å². The molecule has 106 valence electrons. The van der Waals surface area contributed by atoms with E-state index in [1.165, 1.54) is 0 Å². The molecule has 0 radical (unpaired) electrons. The molecule has 1 aliphatic heterocycles. The first-order chi connectivity index (χ1) is 9.65. The van der Waals surface area contributed by atoms with Crippen molar-refractivity contribution in [3.05, 3.63) is 28.9 Å². The molecule has 0 aliphatic carbocycles. The minimum absolute atomic E-state index is 0.322. The van der Waals surface area contributed by atoms with E-state index < -0.39 is 0 Å². The summed E-state index contributed by atoms with van der Waals surface area (Å²) in [7, 11) is 2.08. The Kier molecular flexibility index (Phi) is 3.81. The van der Waals surface area contributed by atoms with Gasteiger partial charge in [-0.05, 0) is 47.0 Å². The van der Waals surface area contributed by atoms with Gasteiger partial charge in [0.25, 0.3) is 0 Å². The Morgan fingerprint density at radius 1 is 1.50 bits per heavy atom. The first-order valence-electron chi connectivity index (χ1n) is 6.81. The quantitative estimate of drug-likeness (QED) is 0.875. The van der Waals surface area contributed by atoms with Crippen LogP contribution in [0.15, 0.2) is 28.9 Å². The van der Waals surface area contributed by atoms with Crippen LogP contribution in [0.1, 0.15) is 12.8 Å². The zero-order valence-electron chi connectivity index (χ0n) is 11.5. The third-order valence-electron chi connectivity index (χ3n) is 3.74. The Balaban J connectivity index is 1.96. The Morgan fingerprint density at radius 2 is 2.35 bits per heavy atom. The molecule has 0 spiro atoms. The molecule has 1 aromatic heterocycles. The number of rotatable bonds is 3. The van der Waals surface area contributed by atoms with Gasteiger partial charge in [0.2, 0.25) is 0 Å². The van der Waals surface area contributed by atoms with Gasteiger partial charge in [-0.2, -0.15) is 0 Å². The summed E-state index contributed by atoms with van der Waals surface area (Å²) >= 11 is 3.45. The summed E-state index contributed by atoms with van der Waals surface area (Å²) in [6, 6.07) is 5.99. The molecule has 1 aromatic carbocycles. The van der Waals surface area contributed by atoms with Gasteiger partial charge in [-0.3, -0.25) is 4.98 Å². The molecule has 1 atom stereocenters. The number of hydrogen-bond acceptors (Lipinski definition) is 4. The monoisotopic (exact) mass is 335 g/mol. The van der Waals surface area contributed by atoms with E-state index in [1.807, 2.05) is 24.4 Å². The number of aromatic nitrogens is 1. The van der Waals surface area contributed by atoms with Crippen molar-refractivity contribution in [2.24, 2.45) is 0 Å². The minimum Gasteiger partial charge on any atom is -0.398 e. The summed E-state index contributed by atoms with van der Waals surface area (Å²) in [5.41, 5.74) is 8.84. The third-order valence-corrected chi connectivity index (χ3v) is 4.18. The predicted octanol–water partition coefficient (Wildman–Crippen LogP) is 3.19. The Bertz CT molecular complexity index is 626. The number of benzene rings is 1. The molecule has 3 rings (SSSR count). The predicted molar refractivity (Wildman–Crippen MR) is 86.1 cm³/mol. The number of pyridine rings is 1. The summed E-state index contributed by atoms with van der Waals surface area (Å²) in [5, 5.41) is 0.982. The second kappa shape index (κ2) is 5.58.